The molecule has 2 rings (SSSR count). The average Bonchev–Trinajstić information content (AvgIpc) is 2.48. The number of aromatic nitrogens is 2. The van der Waals surface area contributed by atoms with Crippen LogP contribution in [0.3, 0.4) is 0 Å². The molecule has 3 unspecified atom stereocenters. The molecule has 3 N–H and O–H groups in total. The third-order valence-electron chi connectivity index (χ3n) is 3.49. The van der Waals surface area contributed by atoms with Crippen LogP contribution in [0.25, 0.3) is 0 Å². The number of nitrogens with two attached hydrogens (primary N) is 1. The van der Waals surface area contributed by atoms with E-state index in [0.29, 0.717) is 23.7 Å². The van der Waals surface area contributed by atoms with Crippen LogP contribution in [0.1, 0.15) is 26.7 Å². The van der Waals surface area contributed by atoms with E-state index in [9.17, 15) is 0 Å². The third kappa shape index (κ3) is 2.45. The second-order valence-corrected chi connectivity index (χ2v) is 5.42. The second kappa shape index (κ2) is 4.57. The highest BCUT2D eigenvalue weighted by atomic mass is 79.9. The van der Waals surface area contributed by atoms with E-state index < -0.39 is 0 Å². The van der Waals surface area contributed by atoms with Gasteiger partial charge in [-0.1, -0.05) is 13.8 Å². The summed E-state index contributed by atoms with van der Waals surface area (Å²) >= 11 is 3.32. The summed E-state index contributed by atoms with van der Waals surface area (Å²) in [4.78, 5) is 8.45. The summed E-state index contributed by atoms with van der Waals surface area (Å²) < 4.78 is 0.723. The molecule has 16 heavy (non-hydrogen) atoms. The van der Waals surface area contributed by atoms with E-state index in [1.54, 1.807) is 6.07 Å². The van der Waals surface area contributed by atoms with Gasteiger partial charge in [0.1, 0.15) is 10.4 Å². The lowest BCUT2D eigenvalue weighted by Gasteiger charge is -2.19. The molecule has 0 radical (unpaired) electrons. The Kier molecular flexibility index (Phi) is 3.33. The van der Waals surface area contributed by atoms with Gasteiger partial charge < -0.3 is 11.1 Å². The van der Waals surface area contributed by atoms with Gasteiger partial charge in [-0.3, -0.25) is 0 Å². The van der Waals surface area contributed by atoms with Crippen molar-refractivity contribution in [2.45, 2.75) is 32.7 Å². The summed E-state index contributed by atoms with van der Waals surface area (Å²) in [7, 11) is 0. The van der Waals surface area contributed by atoms with Crippen molar-refractivity contribution in [2.24, 2.45) is 11.8 Å². The first kappa shape index (κ1) is 11.6. The molecule has 0 saturated heterocycles. The Morgan fingerprint density at radius 1 is 1.38 bits per heavy atom. The number of hydrogen-bond donors (Lipinski definition) is 2. The molecule has 0 aromatic carbocycles. The molecule has 1 aromatic rings. The molecule has 1 aromatic heterocycles. The number of nitrogen functional groups attached to an aromatic ring is 1. The van der Waals surface area contributed by atoms with Gasteiger partial charge in [-0.2, -0.15) is 4.98 Å². The van der Waals surface area contributed by atoms with Crippen LogP contribution >= 0.6 is 15.9 Å². The molecule has 4 nitrogen and oxygen atoms in total. The smallest absolute Gasteiger partial charge is 0.225 e. The van der Waals surface area contributed by atoms with Gasteiger partial charge in [0.2, 0.25) is 5.95 Å². The summed E-state index contributed by atoms with van der Waals surface area (Å²) in [5, 5.41) is 3.37. The molecule has 3 atom stereocenters. The first-order valence-electron chi connectivity index (χ1n) is 5.63. The zero-order valence-corrected chi connectivity index (χ0v) is 11.2. The summed E-state index contributed by atoms with van der Waals surface area (Å²) in [6.45, 7) is 4.57. The Bertz CT molecular complexity index is 362. The van der Waals surface area contributed by atoms with Gasteiger partial charge in [-0.25, -0.2) is 4.98 Å². The van der Waals surface area contributed by atoms with Crippen molar-refractivity contribution in [1.82, 2.24) is 9.97 Å². The number of rotatable bonds is 2. The first-order valence-corrected chi connectivity index (χ1v) is 6.42. The van der Waals surface area contributed by atoms with Gasteiger partial charge in [0, 0.05) is 12.1 Å². The standard InChI is InChI=1S/C11H17BrN4/c1-6-3-4-8(7(6)2)14-11-15-9(12)5-10(13)16-11/h5-8H,3-4H2,1-2H3,(H3,13,14,15,16). The predicted molar refractivity (Wildman–Crippen MR) is 69.1 cm³/mol. The van der Waals surface area contributed by atoms with E-state index in [2.05, 4.69) is 45.1 Å². The van der Waals surface area contributed by atoms with Gasteiger partial charge in [-0.15, -0.1) is 0 Å². The highest BCUT2D eigenvalue weighted by Crippen LogP contribution is 2.32. The van der Waals surface area contributed by atoms with E-state index in [1.165, 1.54) is 12.8 Å². The summed E-state index contributed by atoms with van der Waals surface area (Å²) in [6, 6.07) is 2.16. The molecule has 1 saturated carbocycles. The number of anilines is 2. The number of halogens is 1. The minimum Gasteiger partial charge on any atom is -0.383 e. The molecule has 88 valence electrons. The fourth-order valence-corrected chi connectivity index (χ4v) is 2.64. The van der Waals surface area contributed by atoms with Crippen molar-refractivity contribution >= 4 is 27.7 Å². The van der Waals surface area contributed by atoms with Crippen molar-refractivity contribution in [1.29, 1.82) is 0 Å². The Morgan fingerprint density at radius 2 is 2.12 bits per heavy atom. The van der Waals surface area contributed by atoms with Gasteiger partial charge in [0.25, 0.3) is 0 Å². The zero-order valence-electron chi connectivity index (χ0n) is 9.57. The van der Waals surface area contributed by atoms with Gasteiger partial charge >= 0.3 is 0 Å². The molecule has 5 heteroatoms. The fraction of sp³-hybridized carbons (Fsp3) is 0.636. The molecular formula is C11H17BrN4. The maximum atomic E-state index is 5.67. The maximum Gasteiger partial charge on any atom is 0.225 e. The van der Waals surface area contributed by atoms with E-state index in [1.807, 2.05) is 0 Å². The van der Waals surface area contributed by atoms with Crippen LogP contribution in [0.2, 0.25) is 0 Å². The van der Waals surface area contributed by atoms with Crippen LogP contribution < -0.4 is 11.1 Å². The van der Waals surface area contributed by atoms with E-state index in [0.717, 1.165) is 10.5 Å². The van der Waals surface area contributed by atoms with Crippen LogP contribution in [0.15, 0.2) is 10.7 Å². The van der Waals surface area contributed by atoms with Crippen LogP contribution in [0, 0.1) is 11.8 Å². The first-order chi connectivity index (χ1) is 7.56. The molecule has 0 bridgehead atoms. The fourth-order valence-electron chi connectivity index (χ4n) is 2.23. The average molecular weight is 285 g/mol. The van der Waals surface area contributed by atoms with Crippen molar-refractivity contribution < 1.29 is 0 Å². The third-order valence-corrected chi connectivity index (χ3v) is 3.90. The maximum absolute atomic E-state index is 5.67. The van der Waals surface area contributed by atoms with E-state index in [4.69, 9.17) is 5.73 Å². The Hall–Kier alpha value is -0.840. The second-order valence-electron chi connectivity index (χ2n) is 4.60. The SMILES string of the molecule is CC1CCC(Nc2nc(N)cc(Br)n2)C1C. The molecule has 0 amide bonds. The van der Waals surface area contributed by atoms with E-state index in [-0.39, 0.29) is 0 Å². The van der Waals surface area contributed by atoms with E-state index >= 15 is 0 Å². The number of nitrogens with zero attached hydrogens (tertiary/aromatic N) is 2. The Balaban J connectivity index is 2.09. The van der Waals surface area contributed by atoms with Crippen LogP contribution in [0.4, 0.5) is 11.8 Å². The van der Waals surface area contributed by atoms with Gasteiger partial charge in [0.05, 0.1) is 0 Å². The van der Waals surface area contributed by atoms with Gasteiger partial charge in [-0.05, 0) is 40.6 Å². The topological polar surface area (TPSA) is 63.8 Å². The monoisotopic (exact) mass is 284 g/mol. The normalized spacial score (nSPS) is 29.3. The highest BCUT2D eigenvalue weighted by Gasteiger charge is 2.30. The van der Waals surface area contributed by atoms with Crippen molar-refractivity contribution in [2.75, 3.05) is 11.1 Å². The summed E-state index contributed by atoms with van der Waals surface area (Å²) in [5.74, 6) is 2.53. The summed E-state index contributed by atoms with van der Waals surface area (Å²) in [5.41, 5.74) is 5.67. The largest absolute Gasteiger partial charge is 0.383 e. The molecule has 1 fully saturated rings. The Morgan fingerprint density at radius 3 is 2.69 bits per heavy atom. The van der Waals surface area contributed by atoms with Crippen LogP contribution in [0.5, 0.6) is 0 Å². The molecule has 0 aliphatic heterocycles. The van der Waals surface area contributed by atoms with Gasteiger partial charge in [0.15, 0.2) is 0 Å². The van der Waals surface area contributed by atoms with Crippen molar-refractivity contribution in [3.05, 3.63) is 10.7 Å². The molecule has 1 aliphatic rings. The predicted octanol–water partition coefficient (Wildman–Crippen LogP) is 2.67. The van der Waals surface area contributed by atoms with Crippen LogP contribution in [-0.2, 0) is 0 Å². The molecular weight excluding hydrogens is 268 g/mol. The van der Waals surface area contributed by atoms with Crippen molar-refractivity contribution in [3.63, 3.8) is 0 Å². The molecule has 1 aliphatic carbocycles. The van der Waals surface area contributed by atoms with Crippen molar-refractivity contribution in [3.8, 4) is 0 Å². The lowest BCUT2D eigenvalue weighted by molar-refractivity contribution is 0.434. The minimum absolute atomic E-state index is 0.462. The lowest BCUT2D eigenvalue weighted by Crippen LogP contribution is -2.25. The molecule has 0 spiro atoms. The lowest BCUT2D eigenvalue weighted by atomic mass is 9.98. The minimum atomic E-state index is 0.462. The summed E-state index contributed by atoms with van der Waals surface area (Å²) in [6.07, 6.45) is 2.44. The number of hydrogen-bond acceptors (Lipinski definition) is 4. The zero-order chi connectivity index (χ0) is 11.7. The number of nitrogens with one attached hydrogen (secondary N) is 1. The Labute approximate surface area is 104 Å². The molecule has 1 heterocycles. The highest BCUT2D eigenvalue weighted by molar-refractivity contribution is 9.10. The van der Waals surface area contributed by atoms with Crippen LogP contribution in [-0.4, -0.2) is 16.0 Å². The quantitative estimate of drug-likeness (QED) is 0.820.